The predicted molar refractivity (Wildman–Crippen MR) is 69.9 cm³/mol. The third kappa shape index (κ3) is 3.00. The van der Waals surface area contributed by atoms with Crippen LogP contribution in [0.1, 0.15) is 5.56 Å². The molecule has 2 aromatic carbocycles. The van der Waals surface area contributed by atoms with E-state index in [-0.39, 0.29) is 0 Å². The van der Waals surface area contributed by atoms with Gasteiger partial charge in [0.2, 0.25) is 0 Å². The van der Waals surface area contributed by atoms with Crippen molar-refractivity contribution in [2.24, 2.45) is 0 Å². The molecule has 0 radical (unpaired) electrons. The minimum Gasteiger partial charge on any atom is -0.487 e. The third-order valence-electron chi connectivity index (χ3n) is 2.14. The van der Waals surface area contributed by atoms with Crippen molar-refractivity contribution in [2.75, 3.05) is 0 Å². The lowest BCUT2D eigenvalue weighted by Crippen LogP contribution is -1.95. The lowest BCUT2D eigenvalue weighted by Gasteiger charge is -2.07. The van der Waals surface area contributed by atoms with Crippen molar-refractivity contribution in [3.05, 3.63) is 63.6 Å². The van der Waals surface area contributed by atoms with Crippen molar-refractivity contribution >= 4 is 27.5 Å². The molecule has 0 aliphatic heterocycles. The molecule has 0 spiro atoms. The second-order valence-electron chi connectivity index (χ2n) is 3.35. The van der Waals surface area contributed by atoms with Gasteiger partial charge < -0.3 is 4.74 Å². The summed E-state index contributed by atoms with van der Waals surface area (Å²) in [5.74, 6) is 0.715. The Balaban J connectivity index is 2.02. The van der Waals surface area contributed by atoms with Crippen molar-refractivity contribution in [3.8, 4) is 5.75 Å². The van der Waals surface area contributed by atoms with Gasteiger partial charge >= 0.3 is 0 Å². The molecule has 0 bridgehead atoms. The lowest BCUT2D eigenvalue weighted by molar-refractivity contribution is 0.306. The number of hydrogen-bond acceptors (Lipinski definition) is 1. The first-order chi connectivity index (χ1) is 7.75. The van der Waals surface area contributed by atoms with Crippen molar-refractivity contribution in [1.82, 2.24) is 0 Å². The van der Waals surface area contributed by atoms with E-state index >= 15 is 0 Å². The fraction of sp³-hybridized carbons (Fsp3) is 0.0769. The van der Waals surface area contributed by atoms with Gasteiger partial charge in [0.05, 0.1) is 5.02 Å². The summed E-state index contributed by atoms with van der Waals surface area (Å²) in [6.07, 6.45) is 0. The van der Waals surface area contributed by atoms with Crippen LogP contribution in [0.15, 0.2) is 53.0 Å². The number of halogens is 2. The van der Waals surface area contributed by atoms with Gasteiger partial charge in [-0.05, 0) is 29.8 Å². The van der Waals surface area contributed by atoms with Gasteiger partial charge in [-0.2, -0.15) is 0 Å². The number of para-hydroxylation sites is 1. The zero-order chi connectivity index (χ0) is 11.4. The molecule has 0 amide bonds. The van der Waals surface area contributed by atoms with Gasteiger partial charge in [0, 0.05) is 4.47 Å². The number of ether oxygens (including phenoxy) is 1. The van der Waals surface area contributed by atoms with Crippen molar-refractivity contribution in [2.45, 2.75) is 6.61 Å². The summed E-state index contributed by atoms with van der Waals surface area (Å²) in [5.41, 5.74) is 1.11. The Morgan fingerprint density at radius 1 is 1.00 bits per heavy atom. The summed E-state index contributed by atoms with van der Waals surface area (Å²) < 4.78 is 6.68. The third-order valence-corrected chi connectivity index (χ3v) is 2.99. The van der Waals surface area contributed by atoms with E-state index in [4.69, 9.17) is 16.3 Å². The van der Waals surface area contributed by atoms with Gasteiger partial charge in [-0.3, -0.25) is 0 Å². The van der Waals surface area contributed by atoms with E-state index in [0.717, 1.165) is 10.0 Å². The average molecular weight is 298 g/mol. The number of benzene rings is 2. The van der Waals surface area contributed by atoms with Crippen molar-refractivity contribution in [1.29, 1.82) is 0 Å². The van der Waals surface area contributed by atoms with Crippen LogP contribution in [0.2, 0.25) is 5.02 Å². The second kappa shape index (κ2) is 5.37. The van der Waals surface area contributed by atoms with Gasteiger partial charge in [0.15, 0.2) is 0 Å². The van der Waals surface area contributed by atoms with Crippen LogP contribution in [0, 0.1) is 0 Å². The van der Waals surface area contributed by atoms with Gasteiger partial charge in [0.1, 0.15) is 12.4 Å². The van der Waals surface area contributed by atoms with Gasteiger partial charge in [-0.1, -0.05) is 51.8 Å². The first-order valence-corrected chi connectivity index (χ1v) is 6.04. The smallest absolute Gasteiger partial charge is 0.138 e. The van der Waals surface area contributed by atoms with Crippen LogP contribution in [0.4, 0.5) is 0 Å². The maximum Gasteiger partial charge on any atom is 0.138 e. The molecular weight excluding hydrogens is 287 g/mol. The zero-order valence-corrected chi connectivity index (χ0v) is 10.8. The Morgan fingerprint density at radius 2 is 1.69 bits per heavy atom. The molecule has 0 heterocycles. The molecule has 0 saturated heterocycles. The Labute approximate surface area is 108 Å². The van der Waals surface area contributed by atoms with E-state index in [1.807, 2.05) is 48.5 Å². The second-order valence-corrected chi connectivity index (χ2v) is 4.67. The topological polar surface area (TPSA) is 9.23 Å². The molecule has 1 nitrogen and oxygen atoms in total. The molecule has 0 fully saturated rings. The van der Waals surface area contributed by atoms with E-state index in [9.17, 15) is 0 Å². The summed E-state index contributed by atoms with van der Waals surface area (Å²) in [6.45, 7) is 0.525. The van der Waals surface area contributed by atoms with Crippen LogP contribution in [0.3, 0.4) is 0 Å². The molecule has 0 atom stereocenters. The van der Waals surface area contributed by atoms with E-state index in [0.29, 0.717) is 17.4 Å². The quantitative estimate of drug-likeness (QED) is 0.799. The van der Waals surface area contributed by atoms with E-state index in [2.05, 4.69) is 15.9 Å². The highest BCUT2D eigenvalue weighted by Gasteiger charge is 2.00. The average Bonchev–Trinajstić information content (AvgIpc) is 2.30. The van der Waals surface area contributed by atoms with Crippen LogP contribution < -0.4 is 4.74 Å². The Kier molecular flexibility index (Phi) is 3.86. The summed E-state index contributed by atoms with van der Waals surface area (Å²) in [7, 11) is 0. The molecule has 2 aromatic rings. The molecule has 0 aliphatic carbocycles. The standard InChI is InChI=1S/C13H10BrClO/c14-11-7-5-10(6-8-11)9-16-13-4-2-1-3-12(13)15/h1-8H,9H2. The maximum atomic E-state index is 5.98. The summed E-state index contributed by atoms with van der Waals surface area (Å²) in [4.78, 5) is 0. The van der Waals surface area contributed by atoms with Crippen LogP contribution in [0.25, 0.3) is 0 Å². The molecule has 0 aliphatic rings. The molecule has 3 heteroatoms. The fourth-order valence-corrected chi connectivity index (χ4v) is 1.76. The lowest BCUT2D eigenvalue weighted by atomic mass is 10.2. The SMILES string of the molecule is Clc1ccccc1OCc1ccc(Br)cc1. The van der Waals surface area contributed by atoms with E-state index < -0.39 is 0 Å². The Bertz CT molecular complexity index is 468. The van der Waals surface area contributed by atoms with E-state index in [1.54, 1.807) is 0 Å². The summed E-state index contributed by atoms with van der Waals surface area (Å²) in [5, 5.41) is 0.639. The zero-order valence-electron chi connectivity index (χ0n) is 8.49. The van der Waals surface area contributed by atoms with Crippen molar-refractivity contribution in [3.63, 3.8) is 0 Å². The first kappa shape index (κ1) is 11.5. The monoisotopic (exact) mass is 296 g/mol. The van der Waals surface area contributed by atoms with E-state index in [1.165, 1.54) is 0 Å². The van der Waals surface area contributed by atoms with Crippen molar-refractivity contribution < 1.29 is 4.74 Å². The van der Waals surface area contributed by atoms with Gasteiger partial charge in [-0.25, -0.2) is 0 Å². The Morgan fingerprint density at radius 3 is 2.38 bits per heavy atom. The van der Waals surface area contributed by atoms with Crippen LogP contribution in [-0.2, 0) is 6.61 Å². The minimum absolute atomic E-state index is 0.525. The number of hydrogen-bond donors (Lipinski definition) is 0. The highest BCUT2D eigenvalue weighted by atomic mass is 79.9. The molecule has 0 saturated carbocycles. The maximum absolute atomic E-state index is 5.98. The molecule has 2 rings (SSSR count). The minimum atomic E-state index is 0.525. The Hall–Kier alpha value is -0.990. The fourth-order valence-electron chi connectivity index (χ4n) is 1.30. The summed E-state index contributed by atoms with van der Waals surface area (Å²) in [6, 6.07) is 15.5. The molecule has 0 unspecified atom stereocenters. The highest BCUT2D eigenvalue weighted by Crippen LogP contribution is 2.24. The van der Waals surface area contributed by atoms with Gasteiger partial charge in [0.25, 0.3) is 0 Å². The molecule has 82 valence electrons. The highest BCUT2D eigenvalue weighted by molar-refractivity contribution is 9.10. The first-order valence-electron chi connectivity index (χ1n) is 4.87. The number of rotatable bonds is 3. The van der Waals surface area contributed by atoms with Crippen LogP contribution in [0.5, 0.6) is 5.75 Å². The van der Waals surface area contributed by atoms with Crippen LogP contribution >= 0.6 is 27.5 Å². The van der Waals surface area contributed by atoms with Crippen LogP contribution in [-0.4, -0.2) is 0 Å². The molecule has 0 aromatic heterocycles. The molecule has 0 N–H and O–H groups in total. The van der Waals surface area contributed by atoms with Gasteiger partial charge in [-0.15, -0.1) is 0 Å². The largest absolute Gasteiger partial charge is 0.487 e. The molecule has 16 heavy (non-hydrogen) atoms. The predicted octanol–water partition coefficient (Wildman–Crippen LogP) is 4.68. The summed E-state index contributed by atoms with van der Waals surface area (Å²) >= 11 is 9.37. The normalized spacial score (nSPS) is 10.1. The molecular formula is C13H10BrClO.